The summed E-state index contributed by atoms with van der Waals surface area (Å²) < 4.78 is 27.0. The normalized spacial score (nSPS) is 12.9. The average molecular weight is 360 g/mol. The van der Waals surface area contributed by atoms with E-state index in [0.717, 1.165) is 25.7 Å². The highest BCUT2D eigenvalue weighted by Crippen LogP contribution is 2.15. The molecule has 0 radical (unpaired) electrons. The molecule has 1 N–H and O–H groups in total. The minimum absolute atomic E-state index is 0.329. The topological polar surface area (TPSA) is 46.2 Å². The van der Waals surface area contributed by atoms with Gasteiger partial charge in [0.25, 0.3) is 0 Å². The molecule has 4 heteroatoms. The van der Waals surface area contributed by atoms with E-state index < -0.39 is 10.0 Å². The minimum atomic E-state index is -3.38. The molecule has 0 aliphatic carbocycles. The number of nitrogens with one attached hydrogen (secondary N) is 1. The molecule has 0 saturated carbocycles. The van der Waals surface area contributed by atoms with Crippen LogP contribution in [0.15, 0.2) is 59.5 Å². The number of benzene rings is 2. The Morgan fingerprint density at radius 1 is 0.880 bits per heavy atom. The van der Waals surface area contributed by atoms with Gasteiger partial charge in [0.05, 0.1) is 4.90 Å². The molecule has 0 aliphatic heterocycles. The van der Waals surface area contributed by atoms with Gasteiger partial charge in [-0.2, -0.15) is 0 Å². The van der Waals surface area contributed by atoms with Crippen LogP contribution in [0, 0.1) is 5.92 Å². The Morgan fingerprint density at radius 2 is 1.48 bits per heavy atom. The van der Waals surface area contributed by atoms with Crippen molar-refractivity contribution in [2.75, 3.05) is 6.54 Å². The minimum Gasteiger partial charge on any atom is -0.211 e. The Morgan fingerprint density at radius 3 is 2.08 bits per heavy atom. The number of sulfonamides is 1. The van der Waals surface area contributed by atoms with E-state index in [0.29, 0.717) is 17.4 Å². The zero-order valence-corrected chi connectivity index (χ0v) is 16.1. The van der Waals surface area contributed by atoms with E-state index in [1.165, 1.54) is 17.5 Å². The molecule has 0 aliphatic rings. The molecule has 0 heterocycles. The molecule has 3 nitrogen and oxygen atoms in total. The molecule has 0 bridgehead atoms. The SMILES string of the molecule is CCCc1ccc(CCC(C)CCNS(=O)(=O)c2ccccc2)cc1. The molecule has 1 atom stereocenters. The molecule has 0 fully saturated rings. The van der Waals surface area contributed by atoms with Crippen LogP contribution in [0.4, 0.5) is 0 Å². The lowest BCUT2D eigenvalue weighted by Gasteiger charge is -2.12. The van der Waals surface area contributed by atoms with Crippen LogP contribution in [0.2, 0.25) is 0 Å². The van der Waals surface area contributed by atoms with Gasteiger partial charge in [0.1, 0.15) is 0 Å². The molecule has 2 rings (SSSR count). The number of hydrogen-bond donors (Lipinski definition) is 1. The Balaban J connectivity index is 1.73. The second-order valence-corrected chi connectivity index (χ2v) is 8.48. The maximum Gasteiger partial charge on any atom is 0.240 e. The van der Waals surface area contributed by atoms with Crippen LogP contribution >= 0.6 is 0 Å². The number of hydrogen-bond acceptors (Lipinski definition) is 2. The predicted molar refractivity (Wildman–Crippen MR) is 104 cm³/mol. The summed E-state index contributed by atoms with van der Waals surface area (Å²) in [5.41, 5.74) is 2.76. The van der Waals surface area contributed by atoms with Crippen molar-refractivity contribution in [2.45, 2.75) is 50.8 Å². The maximum atomic E-state index is 12.2. The fourth-order valence-electron chi connectivity index (χ4n) is 2.84. The summed E-state index contributed by atoms with van der Waals surface area (Å²) in [4.78, 5) is 0.329. The van der Waals surface area contributed by atoms with Gasteiger partial charge in [-0.15, -0.1) is 0 Å². The van der Waals surface area contributed by atoms with Crippen LogP contribution in [-0.2, 0) is 22.9 Å². The quantitative estimate of drug-likeness (QED) is 0.675. The highest BCUT2D eigenvalue weighted by molar-refractivity contribution is 7.89. The van der Waals surface area contributed by atoms with E-state index in [2.05, 4.69) is 42.8 Å². The Bertz CT molecular complexity index is 724. The third-order valence-corrected chi connectivity index (χ3v) is 5.95. The lowest BCUT2D eigenvalue weighted by Crippen LogP contribution is -2.25. The zero-order chi connectivity index (χ0) is 18.1. The molecular weight excluding hydrogens is 330 g/mol. The van der Waals surface area contributed by atoms with E-state index in [1.807, 2.05) is 6.07 Å². The van der Waals surface area contributed by atoms with Crippen molar-refractivity contribution in [3.05, 3.63) is 65.7 Å². The summed E-state index contributed by atoms with van der Waals surface area (Å²) in [5, 5.41) is 0. The zero-order valence-electron chi connectivity index (χ0n) is 15.2. The summed E-state index contributed by atoms with van der Waals surface area (Å²) in [6.45, 7) is 4.86. The molecule has 2 aromatic rings. The fourth-order valence-corrected chi connectivity index (χ4v) is 3.91. The van der Waals surface area contributed by atoms with Crippen molar-refractivity contribution < 1.29 is 8.42 Å². The van der Waals surface area contributed by atoms with Crippen LogP contribution in [0.5, 0.6) is 0 Å². The molecule has 25 heavy (non-hydrogen) atoms. The van der Waals surface area contributed by atoms with Crippen molar-refractivity contribution >= 4 is 10.0 Å². The van der Waals surface area contributed by atoms with Crippen LogP contribution in [0.25, 0.3) is 0 Å². The molecule has 136 valence electrons. The van der Waals surface area contributed by atoms with Crippen molar-refractivity contribution in [1.29, 1.82) is 0 Å². The molecule has 2 aromatic carbocycles. The second-order valence-electron chi connectivity index (χ2n) is 6.71. The van der Waals surface area contributed by atoms with Crippen LogP contribution in [0.1, 0.15) is 44.2 Å². The Hall–Kier alpha value is -1.65. The first kappa shape index (κ1) is 19.7. The monoisotopic (exact) mass is 359 g/mol. The van der Waals surface area contributed by atoms with Gasteiger partial charge in [-0.25, -0.2) is 13.1 Å². The van der Waals surface area contributed by atoms with Gasteiger partial charge in [0, 0.05) is 6.54 Å². The fraction of sp³-hybridized carbons (Fsp3) is 0.429. The largest absolute Gasteiger partial charge is 0.240 e. The van der Waals surface area contributed by atoms with Crippen LogP contribution < -0.4 is 4.72 Å². The predicted octanol–water partition coefficient (Wildman–Crippen LogP) is 4.58. The second kappa shape index (κ2) is 9.73. The van der Waals surface area contributed by atoms with Gasteiger partial charge in [-0.1, -0.05) is 62.7 Å². The smallest absolute Gasteiger partial charge is 0.211 e. The number of aryl methyl sites for hydroxylation is 2. The van der Waals surface area contributed by atoms with Gasteiger partial charge in [0.2, 0.25) is 10.0 Å². The van der Waals surface area contributed by atoms with Gasteiger partial charge >= 0.3 is 0 Å². The first-order chi connectivity index (χ1) is 12.0. The van der Waals surface area contributed by atoms with Crippen molar-refractivity contribution in [3.63, 3.8) is 0 Å². The summed E-state index contributed by atoms with van der Waals surface area (Å²) in [6.07, 6.45) is 5.27. The van der Waals surface area contributed by atoms with Crippen molar-refractivity contribution in [3.8, 4) is 0 Å². The molecule has 1 unspecified atom stereocenters. The van der Waals surface area contributed by atoms with Crippen LogP contribution in [0.3, 0.4) is 0 Å². The molecule has 0 spiro atoms. The highest BCUT2D eigenvalue weighted by atomic mass is 32.2. The third kappa shape index (κ3) is 6.63. The number of rotatable bonds is 10. The standard InChI is InChI=1S/C21H29NO2S/c1-3-7-19-12-14-20(15-13-19)11-10-18(2)16-17-22-25(23,24)21-8-5-4-6-9-21/h4-6,8-9,12-15,18,22H,3,7,10-11,16-17H2,1-2H3. The summed E-state index contributed by atoms with van der Waals surface area (Å²) in [7, 11) is -3.38. The lowest BCUT2D eigenvalue weighted by atomic mass is 9.97. The highest BCUT2D eigenvalue weighted by Gasteiger charge is 2.13. The van der Waals surface area contributed by atoms with E-state index >= 15 is 0 Å². The summed E-state index contributed by atoms with van der Waals surface area (Å²) in [6, 6.07) is 17.4. The Labute approximate surface area is 152 Å². The maximum absolute atomic E-state index is 12.2. The van der Waals surface area contributed by atoms with Crippen molar-refractivity contribution in [1.82, 2.24) is 4.72 Å². The van der Waals surface area contributed by atoms with E-state index in [1.54, 1.807) is 24.3 Å². The average Bonchev–Trinajstić information content (AvgIpc) is 2.62. The van der Waals surface area contributed by atoms with Gasteiger partial charge in [0.15, 0.2) is 0 Å². The molecular formula is C21H29NO2S. The molecule has 0 amide bonds. The van der Waals surface area contributed by atoms with Crippen LogP contribution in [-0.4, -0.2) is 15.0 Å². The van der Waals surface area contributed by atoms with E-state index in [4.69, 9.17) is 0 Å². The van der Waals surface area contributed by atoms with E-state index in [9.17, 15) is 8.42 Å². The molecule has 0 aromatic heterocycles. The molecule has 0 saturated heterocycles. The lowest BCUT2D eigenvalue weighted by molar-refractivity contribution is 0.486. The van der Waals surface area contributed by atoms with Crippen molar-refractivity contribution in [2.24, 2.45) is 5.92 Å². The first-order valence-electron chi connectivity index (χ1n) is 9.14. The summed E-state index contributed by atoms with van der Waals surface area (Å²) >= 11 is 0. The third-order valence-electron chi connectivity index (χ3n) is 4.47. The van der Waals surface area contributed by atoms with Gasteiger partial charge in [-0.3, -0.25) is 0 Å². The Kier molecular flexibility index (Phi) is 7.66. The van der Waals surface area contributed by atoms with Gasteiger partial charge < -0.3 is 0 Å². The first-order valence-corrected chi connectivity index (χ1v) is 10.6. The summed E-state index contributed by atoms with van der Waals surface area (Å²) in [5.74, 6) is 0.480. The van der Waals surface area contributed by atoms with Gasteiger partial charge in [-0.05, 0) is 54.9 Å². The van der Waals surface area contributed by atoms with E-state index in [-0.39, 0.29) is 0 Å².